The van der Waals surface area contributed by atoms with Crippen LogP contribution in [-0.2, 0) is 14.3 Å². The van der Waals surface area contributed by atoms with Crippen LogP contribution in [0.4, 0.5) is 0 Å². The molecule has 152 valence electrons. The van der Waals surface area contributed by atoms with Crippen LogP contribution in [0.25, 0.3) is 0 Å². The van der Waals surface area contributed by atoms with Crippen molar-refractivity contribution in [3.8, 4) is 0 Å². The molecule has 3 nitrogen and oxygen atoms in total. The number of carbonyl (C=O) groups is 2. The maximum atomic E-state index is 12.9. The first-order valence-corrected chi connectivity index (χ1v) is 11.2. The van der Waals surface area contributed by atoms with Crippen molar-refractivity contribution in [1.82, 2.24) is 0 Å². The van der Waals surface area contributed by atoms with E-state index >= 15 is 0 Å². The van der Waals surface area contributed by atoms with Crippen molar-refractivity contribution in [2.24, 2.45) is 28.6 Å². The van der Waals surface area contributed by atoms with E-state index in [-0.39, 0.29) is 16.8 Å². The smallest absolute Gasteiger partial charge is 0.334 e. The molecule has 0 N–H and O–H groups in total. The standard InChI is InChI=1S/C24H38O3/c1-6-8-9-10-16-15-17-18-11-12-20(25)24(18,4)14-13-19(17)23(3,7-2)21(16)22(26)27-5/h17-19H,6-15H2,1-5H3. The first-order chi connectivity index (χ1) is 12.8. The minimum Gasteiger partial charge on any atom is -0.466 e. The number of fused-ring (bicyclic) bond motifs is 3. The average molecular weight is 375 g/mol. The Kier molecular flexibility index (Phi) is 5.89. The van der Waals surface area contributed by atoms with Crippen LogP contribution in [0.3, 0.4) is 0 Å². The lowest BCUT2D eigenvalue weighted by Crippen LogP contribution is -2.50. The number of hydrogen-bond donors (Lipinski definition) is 0. The van der Waals surface area contributed by atoms with Gasteiger partial charge in [0.15, 0.2) is 0 Å². The van der Waals surface area contributed by atoms with Crippen molar-refractivity contribution in [2.75, 3.05) is 7.11 Å². The third-order valence-corrected chi connectivity index (χ3v) is 8.58. The second-order valence-electron chi connectivity index (χ2n) is 9.70. The fourth-order valence-corrected chi connectivity index (χ4v) is 6.84. The molecule has 0 saturated heterocycles. The lowest BCUT2D eigenvalue weighted by Gasteiger charge is -2.55. The molecule has 0 aromatic rings. The molecule has 0 aliphatic heterocycles. The van der Waals surface area contributed by atoms with Crippen molar-refractivity contribution in [3.05, 3.63) is 11.1 Å². The largest absolute Gasteiger partial charge is 0.466 e. The summed E-state index contributed by atoms with van der Waals surface area (Å²) in [5.74, 6) is 1.91. The Morgan fingerprint density at radius 3 is 2.52 bits per heavy atom. The lowest BCUT2D eigenvalue weighted by molar-refractivity contribution is -0.141. The Bertz CT molecular complexity index is 634. The van der Waals surface area contributed by atoms with Gasteiger partial charge in [0.1, 0.15) is 5.78 Å². The third kappa shape index (κ3) is 3.19. The third-order valence-electron chi connectivity index (χ3n) is 8.58. The van der Waals surface area contributed by atoms with Crippen LogP contribution in [0.2, 0.25) is 0 Å². The van der Waals surface area contributed by atoms with Gasteiger partial charge in [0, 0.05) is 22.8 Å². The number of esters is 1. The topological polar surface area (TPSA) is 43.4 Å². The molecule has 3 rings (SSSR count). The number of allylic oxidation sites excluding steroid dienone is 1. The highest BCUT2D eigenvalue weighted by atomic mass is 16.5. The molecule has 0 aromatic carbocycles. The summed E-state index contributed by atoms with van der Waals surface area (Å²) in [5, 5.41) is 0. The maximum absolute atomic E-state index is 12.9. The van der Waals surface area contributed by atoms with Gasteiger partial charge in [-0.05, 0) is 62.7 Å². The summed E-state index contributed by atoms with van der Waals surface area (Å²) in [5.41, 5.74) is 2.08. The molecule has 27 heavy (non-hydrogen) atoms. The van der Waals surface area contributed by atoms with E-state index < -0.39 is 0 Å². The molecule has 0 radical (unpaired) electrons. The fourth-order valence-electron chi connectivity index (χ4n) is 6.84. The summed E-state index contributed by atoms with van der Waals surface area (Å²) in [7, 11) is 1.52. The van der Waals surface area contributed by atoms with Gasteiger partial charge in [0.25, 0.3) is 0 Å². The summed E-state index contributed by atoms with van der Waals surface area (Å²) in [4.78, 5) is 25.5. The van der Waals surface area contributed by atoms with Crippen molar-refractivity contribution in [3.63, 3.8) is 0 Å². The Morgan fingerprint density at radius 1 is 1.15 bits per heavy atom. The van der Waals surface area contributed by atoms with E-state index in [0.717, 1.165) is 56.9 Å². The van der Waals surface area contributed by atoms with Crippen molar-refractivity contribution >= 4 is 11.8 Å². The second-order valence-corrected chi connectivity index (χ2v) is 9.70. The van der Waals surface area contributed by atoms with Gasteiger partial charge in [0.2, 0.25) is 0 Å². The number of carbonyl (C=O) groups excluding carboxylic acids is 2. The summed E-state index contributed by atoms with van der Waals surface area (Å²) in [6.45, 7) is 8.97. The van der Waals surface area contributed by atoms with Gasteiger partial charge in [0.05, 0.1) is 7.11 Å². The number of Topliss-reactive ketones (excluding diaryl/α,β-unsaturated/α-hetero) is 1. The molecule has 5 atom stereocenters. The number of unbranched alkanes of at least 4 members (excludes halogenated alkanes) is 2. The Balaban J connectivity index is 2.03. The predicted molar refractivity (Wildman–Crippen MR) is 108 cm³/mol. The van der Waals surface area contributed by atoms with Crippen molar-refractivity contribution < 1.29 is 14.3 Å². The van der Waals surface area contributed by atoms with Gasteiger partial charge >= 0.3 is 5.97 Å². The van der Waals surface area contributed by atoms with E-state index in [4.69, 9.17) is 4.74 Å². The quantitative estimate of drug-likeness (QED) is 0.431. The fraction of sp³-hybridized carbons (Fsp3) is 0.833. The van der Waals surface area contributed by atoms with Crippen LogP contribution in [-0.4, -0.2) is 18.9 Å². The number of hydrogen-bond acceptors (Lipinski definition) is 3. The first kappa shape index (κ1) is 20.6. The van der Waals surface area contributed by atoms with Gasteiger partial charge in [-0.2, -0.15) is 0 Å². The van der Waals surface area contributed by atoms with Crippen molar-refractivity contribution in [2.45, 2.75) is 91.9 Å². The maximum Gasteiger partial charge on any atom is 0.334 e. The van der Waals surface area contributed by atoms with Gasteiger partial charge in [-0.3, -0.25) is 4.79 Å². The zero-order chi connectivity index (χ0) is 19.8. The monoisotopic (exact) mass is 374 g/mol. The predicted octanol–water partition coefficient (Wildman–Crippen LogP) is 5.87. The highest BCUT2D eigenvalue weighted by Crippen LogP contribution is 2.63. The second kappa shape index (κ2) is 7.72. The van der Waals surface area contributed by atoms with Crippen molar-refractivity contribution in [1.29, 1.82) is 0 Å². The van der Waals surface area contributed by atoms with E-state index in [9.17, 15) is 9.59 Å². The minimum atomic E-state index is -0.121. The van der Waals surface area contributed by atoms with Crippen LogP contribution in [0.1, 0.15) is 91.9 Å². The van der Waals surface area contributed by atoms with Gasteiger partial charge in [-0.1, -0.05) is 46.1 Å². The molecule has 2 saturated carbocycles. The molecule has 3 aliphatic carbocycles. The van der Waals surface area contributed by atoms with Crippen LogP contribution in [0, 0.1) is 28.6 Å². The first-order valence-electron chi connectivity index (χ1n) is 11.2. The molecule has 3 aliphatic rings. The van der Waals surface area contributed by atoms with Crippen LogP contribution in [0.15, 0.2) is 11.1 Å². The zero-order valence-electron chi connectivity index (χ0n) is 18.0. The Morgan fingerprint density at radius 2 is 1.89 bits per heavy atom. The van der Waals surface area contributed by atoms with Gasteiger partial charge in [-0.25, -0.2) is 4.79 Å². The van der Waals surface area contributed by atoms with E-state index in [1.807, 2.05) is 0 Å². The van der Waals surface area contributed by atoms with E-state index in [1.54, 1.807) is 0 Å². The normalized spacial score (nSPS) is 38.6. The van der Waals surface area contributed by atoms with E-state index in [0.29, 0.717) is 23.5 Å². The van der Waals surface area contributed by atoms with E-state index in [1.165, 1.54) is 25.5 Å². The van der Waals surface area contributed by atoms with Gasteiger partial charge < -0.3 is 4.74 Å². The molecule has 2 fully saturated rings. The molecule has 0 amide bonds. The molecule has 3 heteroatoms. The highest BCUT2D eigenvalue weighted by Gasteiger charge is 2.59. The molecule has 0 bridgehead atoms. The number of ketones is 1. The van der Waals surface area contributed by atoms with E-state index in [2.05, 4.69) is 27.7 Å². The number of rotatable bonds is 6. The Labute approximate surface area is 165 Å². The molecule has 5 unspecified atom stereocenters. The van der Waals surface area contributed by atoms with Crippen LogP contribution >= 0.6 is 0 Å². The molecular formula is C24H38O3. The summed E-state index contributed by atoms with van der Waals surface area (Å²) < 4.78 is 5.28. The minimum absolute atomic E-state index is 0.111. The summed E-state index contributed by atoms with van der Waals surface area (Å²) in [6.07, 6.45) is 10.4. The Hall–Kier alpha value is -1.12. The number of methoxy groups -OCH3 is 1. The molecule has 0 heterocycles. The van der Waals surface area contributed by atoms with Gasteiger partial charge in [-0.15, -0.1) is 0 Å². The average Bonchev–Trinajstić information content (AvgIpc) is 2.96. The SMILES string of the molecule is CCCCCC1=C(C(=O)OC)C(C)(CC)C2CCC3(C)C(=O)CCC3C2C1. The lowest BCUT2D eigenvalue weighted by atomic mass is 9.48. The number of ether oxygens (including phenoxy) is 1. The van der Waals surface area contributed by atoms with Crippen LogP contribution in [0.5, 0.6) is 0 Å². The molecule has 0 aromatic heterocycles. The summed E-state index contributed by atoms with van der Waals surface area (Å²) >= 11 is 0. The molecular weight excluding hydrogens is 336 g/mol. The summed E-state index contributed by atoms with van der Waals surface area (Å²) in [6, 6.07) is 0. The highest BCUT2D eigenvalue weighted by molar-refractivity contribution is 5.91. The zero-order valence-corrected chi connectivity index (χ0v) is 18.0. The molecule has 0 spiro atoms. The van der Waals surface area contributed by atoms with Crippen LogP contribution < -0.4 is 0 Å².